The van der Waals surface area contributed by atoms with Crippen molar-refractivity contribution in [2.24, 2.45) is 14.1 Å². The Labute approximate surface area is 147 Å². The number of aromatic nitrogens is 4. The molecule has 0 aliphatic heterocycles. The lowest BCUT2D eigenvalue weighted by atomic mass is 10.2. The maximum absolute atomic E-state index is 12.2. The van der Waals surface area contributed by atoms with Gasteiger partial charge in [0.25, 0.3) is 5.56 Å². The molecule has 3 rings (SSSR count). The number of carbonyl (C=O) groups excluding carboxylic acids is 1. The molecule has 0 spiro atoms. The van der Waals surface area contributed by atoms with Gasteiger partial charge in [-0.1, -0.05) is 23.7 Å². The molecule has 1 aromatic carbocycles. The fourth-order valence-corrected chi connectivity index (χ4v) is 2.69. The van der Waals surface area contributed by atoms with E-state index in [1.807, 2.05) is 12.1 Å². The van der Waals surface area contributed by atoms with Crippen molar-refractivity contribution < 1.29 is 4.79 Å². The van der Waals surface area contributed by atoms with Crippen LogP contribution in [0.15, 0.2) is 40.2 Å². The summed E-state index contributed by atoms with van der Waals surface area (Å²) in [6.45, 7) is 0.299. The van der Waals surface area contributed by atoms with Crippen LogP contribution < -0.4 is 16.6 Å². The molecule has 0 fully saturated rings. The molecule has 0 aliphatic carbocycles. The summed E-state index contributed by atoms with van der Waals surface area (Å²) in [5.74, 6) is -0.262. The molecule has 0 bridgehead atoms. The van der Waals surface area contributed by atoms with Crippen molar-refractivity contribution in [3.63, 3.8) is 0 Å². The van der Waals surface area contributed by atoms with E-state index in [0.717, 1.165) is 10.1 Å². The van der Waals surface area contributed by atoms with E-state index in [4.69, 9.17) is 11.6 Å². The van der Waals surface area contributed by atoms with Gasteiger partial charge in [0.05, 0.1) is 6.33 Å². The second-order valence-electron chi connectivity index (χ2n) is 5.65. The highest BCUT2D eigenvalue weighted by Crippen LogP contribution is 2.09. The number of nitrogens with one attached hydrogen (secondary N) is 1. The Morgan fingerprint density at radius 2 is 1.84 bits per heavy atom. The smallest absolute Gasteiger partial charge is 0.332 e. The highest BCUT2D eigenvalue weighted by molar-refractivity contribution is 6.30. The Hall–Kier alpha value is -2.87. The van der Waals surface area contributed by atoms with Gasteiger partial charge < -0.3 is 9.88 Å². The third-order valence-corrected chi connectivity index (χ3v) is 4.18. The number of rotatable bonds is 4. The van der Waals surface area contributed by atoms with Crippen LogP contribution in [0.3, 0.4) is 0 Å². The van der Waals surface area contributed by atoms with E-state index in [-0.39, 0.29) is 18.0 Å². The molecule has 0 radical (unpaired) electrons. The summed E-state index contributed by atoms with van der Waals surface area (Å²) in [4.78, 5) is 40.4. The first kappa shape index (κ1) is 17.0. The lowest BCUT2D eigenvalue weighted by Crippen LogP contribution is -2.37. The number of carbonyl (C=O) groups is 1. The first-order valence-electron chi connectivity index (χ1n) is 7.50. The maximum Gasteiger partial charge on any atom is 0.332 e. The molecule has 1 amide bonds. The molecule has 2 aromatic heterocycles. The van der Waals surface area contributed by atoms with E-state index in [9.17, 15) is 14.4 Å². The maximum atomic E-state index is 12.2. The Morgan fingerprint density at radius 1 is 1.16 bits per heavy atom. The zero-order valence-electron chi connectivity index (χ0n) is 13.7. The van der Waals surface area contributed by atoms with E-state index in [1.54, 1.807) is 12.1 Å². The first-order valence-corrected chi connectivity index (χ1v) is 7.88. The molecule has 8 nitrogen and oxygen atoms in total. The van der Waals surface area contributed by atoms with Gasteiger partial charge in [-0.3, -0.25) is 18.7 Å². The molecule has 1 N–H and O–H groups in total. The van der Waals surface area contributed by atoms with Crippen LogP contribution in [0.25, 0.3) is 11.2 Å². The van der Waals surface area contributed by atoms with Crippen molar-refractivity contribution in [1.29, 1.82) is 0 Å². The number of benzene rings is 1. The van der Waals surface area contributed by atoms with Crippen LogP contribution in [0, 0.1) is 0 Å². The Bertz CT molecular complexity index is 1060. The zero-order valence-corrected chi connectivity index (χ0v) is 14.4. The van der Waals surface area contributed by atoms with Crippen LogP contribution in [0.4, 0.5) is 0 Å². The summed E-state index contributed by atoms with van der Waals surface area (Å²) in [6.07, 6.45) is 1.38. The van der Waals surface area contributed by atoms with Gasteiger partial charge in [0.15, 0.2) is 5.52 Å². The molecule has 0 unspecified atom stereocenters. The Balaban J connectivity index is 1.81. The average Bonchev–Trinajstić information content (AvgIpc) is 3.01. The van der Waals surface area contributed by atoms with Crippen LogP contribution in [0.5, 0.6) is 0 Å². The van der Waals surface area contributed by atoms with E-state index < -0.39 is 11.2 Å². The molecule has 25 heavy (non-hydrogen) atoms. The normalized spacial score (nSPS) is 11.0. The van der Waals surface area contributed by atoms with Gasteiger partial charge in [-0.25, -0.2) is 9.78 Å². The summed E-state index contributed by atoms with van der Waals surface area (Å²) in [5.41, 5.74) is 0.415. The molecular weight excluding hydrogens is 346 g/mol. The number of hydrogen-bond acceptors (Lipinski definition) is 4. The predicted octanol–water partition coefficient (Wildman–Crippen LogP) is 0.403. The van der Waals surface area contributed by atoms with Gasteiger partial charge in [-0.05, 0) is 17.7 Å². The number of imidazole rings is 1. The number of nitrogens with zero attached hydrogens (tertiary/aromatic N) is 4. The highest BCUT2D eigenvalue weighted by atomic mass is 35.5. The van der Waals surface area contributed by atoms with Crippen molar-refractivity contribution >= 4 is 28.7 Å². The van der Waals surface area contributed by atoms with Gasteiger partial charge in [-0.2, -0.15) is 0 Å². The minimum absolute atomic E-state index is 0.0511. The SMILES string of the molecule is Cn1c(=O)c2ncn(CC(=O)NCc3ccc(Cl)cc3)c2n(C)c1=O. The van der Waals surface area contributed by atoms with E-state index in [2.05, 4.69) is 10.3 Å². The lowest BCUT2D eigenvalue weighted by Gasteiger charge is -2.09. The average molecular weight is 362 g/mol. The summed E-state index contributed by atoms with van der Waals surface area (Å²) >= 11 is 5.82. The summed E-state index contributed by atoms with van der Waals surface area (Å²) in [6, 6.07) is 7.14. The molecular formula is C16H16ClN5O3. The van der Waals surface area contributed by atoms with Crippen molar-refractivity contribution in [3.05, 3.63) is 62.0 Å². The summed E-state index contributed by atoms with van der Waals surface area (Å²) in [5, 5.41) is 3.41. The predicted molar refractivity (Wildman–Crippen MR) is 93.5 cm³/mol. The topological polar surface area (TPSA) is 90.9 Å². The third-order valence-electron chi connectivity index (χ3n) is 3.93. The standard InChI is InChI=1S/C16H16ClN5O3/c1-20-14-13(15(24)21(2)16(20)25)19-9-22(14)8-12(23)18-7-10-3-5-11(17)6-4-10/h3-6,9H,7-8H2,1-2H3,(H,18,23). The van der Waals surface area contributed by atoms with E-state index >= 15 is 0 Å². The molecule has 2 heterocycles. The minimum atomic E-state index is -0.488. The van der Waals surface area contributed by atoms with Crippen molar-refractivity contribution in [2.45, 2.75) is 13.1 Å². The first-order chi connectivity index (χ1) is 11.9. The monoisotopic (exact) mass is 361 g/mol. The van der Waals surface area contributed by atoms with Gasteiger partial charge in [0.2, 0.25) is 5.91 Å². The second kappa shape index (κ2) is 6.56. The van der Waals surface area contributed by atoms with Gasteiger partial charge in [-0.15, -0.1) is 0 Å². The summed E-state index contributed by atoms with van der Waals surface area (Å²) < 4.78 is 3.77. The number of fused-ring (bicyclic) bond motifs is 1. The number of halogens is 1. The lowest BCUT2D eigenvalue weighted by molar-refractivity contribution is -0.121. The number of hydrogen-bond donors (Lipinski definition) is 1. The van der Waals surface area contributed by atoms with Crippen LogP contribution in [0.1, 0.15) is 5.56 Å². The second-order valence-corrected chi connectivity index (χ2v) is 6.09. The molecule has 0 atom stereocenters. The fraction of sp³-hybridized carbons (Fsp3) is 0.250. The number of aryl methyl sites for hydroxylation is 1. The fourth-order valence-electron chi connectivity index (χ4n) is 2.57. The molecule has 9 heteroatoms. The van der Waals surface area contributed by atoms with Gasteiger partial charge >= 0.3 is 5.69 Å². The van der Waals surface area contributed by atoms with Crippen molar-refractivity contribution in [3.8, 4) is 0 Å². The molecule has 0 saturated carbocycles. The van der Waals surface area contributed by atoms with Crippen LogP contribution in [-0.4, -0.2) is 24.6 Å². The third kappa shape index (κ3) is 3.20. The quantitative estimate of drug-likeness (QED) is 0.728. The van der Waals surface area contributed by atoms with Crippen molar-refractivity contribution in [2.75, 3.05) is 0 Å². The largest absolute Gasteiger partial charge is 0.350 e. The van der Waals surface area contributed by atoms with Crippen LogP contribution in [-0.2, 0) is 32.0 Å². The molecule has 3 aromatic rings. The molecule has 0 aliphatic rings. The zero-order chi connectivity index (χ0) is 18.1. The highest BCUT2D eigenvalue weighted by Gasteiger charge is 2.15. The molecule has 130 valence electrons. The Morgan fingerprint density at radius 3 is 2.52 bits per heavy atom. The van der Waals surface area contributed by atoms with Crippen LogP contribution >= 0.6 is 11.6 Å². The summed E-state index contributed by atoms with van der Waals surface area (Å²) in [7, 11) is 2.93. The van der Waals surface area contributed by atoms with Crippen molar-refractivity contribution in [1.82, 2.24) is 24.0 Å². The van der Waals surface area contributed by atoms with E-state index in [0.29, 0.717) is 17.2 Å². The van der Waals surface area contributed by atoms with Gasteiger partial charge in [0.1, 0.15) is 12.2 Å². The van der Waals surface area contributed by atoms with Crippen LogP contribution in [0.2, 0.25) is 5.02 Å². The minimum Gasteiger partial charge on any atom is -0.350 e. The number of amides is 1. The van der Waals surface area contributed by atoms with Gasteiger partial charge in [0, 0.05) is 25.7 Å². The van der Waals surface area contributed by atoms with E-state index in [1.165, 1.54) is 29.6 Å². The Kier molecular flexibility index (Phi) is 4.45. The molecule has 0 saturated heterocycles.